The van der Waals surface area contributed by atoms with Crippen molar-refractivity contribution in [2.45, 2.75) is 25.8 Å². The first kappa shape index (κ1) is 14.5. The number of halogens is 1. The number of hydrogen-bond acceptors (Lipinski definition) is 2. The Labute approximate surface area is 119 Å². The van der Waals surface area contributed by atoms with E-state index in [1.54, 1.807) is 20.1 Å². The van der Waals surface area contributed by atoms with Crippen LogP contribution in [0.25, 0.3) is 0 Å². The molecule has 3 heteroatoms. The predicted molar refractivity (Wildman–Crippen MR) is 79.4 cm³/mol. The van der Waals surface area contributed by atoms with Crippen LogP contribution in [0.4, 0.5) is 4.39 Å². The minimum atomic E-state index is -0.650. The van der Waals surface area contributed by atoms with Crippen molar-refractivity contribution in [3.05, 3.63) is 65.0 Å². The largest absolute Gasteiger partial charge is 0.496 e. The summed E-state index contributed by atoms with van der Waals surface area (Å²) in [5.41, 5.74) is 8.17. The smallest absolute Gasteiger partial charge is 0.126 e. The maximum Gasteiger partial charge on any atom is 0.126 e. The number of hydrogen-bond donors (Lipinski definition) is 1. The summed E-state index contributed by atoms with van der Waals surface area (Å²) in [6, 6.07) is 12.9. The highest BCUT2D eigenvalue weighted by Crippen LogP contribution is 2.28. The molecule has 0 aliphatic heterocycles. The average molecular weight is 273 g/mol. The summed E-state index contributed by atoms with van der Waals surface area (Å²) in [7, 11) is 1.64. The van der Waals surface area contributed by atoms with E-state index in [1.165, 1.54) is 6.07 Å². The molecule has 2 nitrogen and oxygen atoms in total. The number of ether oxygens (including phenoxy) is 1. The fourth-order valence-electron chi connectivity index (χ4n) is 2.29. The summed E-state index contributed by atoms with van der Waals surface area (Å²) in [6.07, 6.45) is 0.583. The van der Waals surface area contributed by atoms with Crippen LogP contribution in [0.3, 0.4) is 0 Å². The minimum absolute atomic E-state index is 0.223. The summed E-state index contributed by atoms with van der Waals surface area (Å²) >= 11 is 0. The van der Waals surface area contributed by atoms with Crippen molar-refractivity contribution in [3.63, 3.8) is 0 Å². The molecule has 0 amide bonds. The number of rotatable bonds is 4. The lowest BCUT2D eigenvalue weighted by atomic mass is 9.86. The first-order valence-electron chi connectivity index (χ1n) is 6.61. The van der Waals surface area contributed by atoms with Crippen molar-refractivity contribution in [2.75, 3.05) is 7.11 Å². The van der Waals surface area contributed by atoms with E-state index >= 15 is 0 Å². The molecule has 2 aromatic rings. The van der Waals surface area contributed by atoms with Gasteiger partial charge in [-0.15, -0.1) is 0 Å². The molecule has 0 fully saturated rings. The quantitative estimate of drug-likeness (QED) is 0.924. The Morgan fingerprint density at radius 3 is 2.55 bits per heavy atom. The molecule has 0 aliphatic rings. The predicted octanol–water partition coefficient (Wildman–Crippen LogP) is 3.56. The highest BCUT2D eigenvalue weighted by molar-refractivity contribution is 5.37. The zero-order valence-corrected chi connectivity index (χ0v) is 12.1. The van der Waals surface area contributed by atoms with Crippen LogP contribution in [0.1, 0.15) is 23.6 Å². The minimum Gasteiger partial charge on any atom is -0.496 e. The maximum atomic E-state index is 13.7. The van der Waals surface area contributed by atoms with Crippen molar-refractivity contribution < 1.29 is 9.13 Å². The van der Waals surface area contributed by atoms with E-state index in [2.05, 4.69) is 0 Å². The van der Waals surface area contributed by atoms with Gasteiger partial charge in [-0.3, -0.25) is 0 Å². The molecule has 20 heavy (non-hydrogen) atoms. The highest BCUT2D eigenvalue weighted by Gasteiger charge is 2.24. The third-order valence-electron chi connectivity index (χ3n) is 3.58. The van der Waals surface area contributed by atoms with Crippen molar-refractivity contribution in [1.82, 2.24) is 0 Å². The van der Waals surface area contributed by atoms with Gasteiger partial charge in [-0.25, -0.2) is 4.39 Å². The van der Waals surface area contributed by atoms with E-state index in [9.17, 15) is 4.39 Å². The Kier molecular flexibility index (Phi) is 4.09. The lowest BCUT2D eigenvalue weighted by molar-refractivity contribution is 0.399. The lowest BCUT2D eigenvalue weighted by Gasteiger charge is -2.26. The number of para-hydroxylation sites is 1. The molecule has 2 aromatic carbocycles. The van der Waals surface area contributed by atoms with Crippen LogP contribution in [-0.2, 0) is 12.0 Å². The van der Waals surface area contributed by atoms with Crippen LogP contribution in [0.15, 0.2) is 42.5 Å². The molecule has 0 bridgehead atoms. The van der Waals surface area contributed by atoms with E-state index in [4.69, 9.17) is 10.5 Å². The molecule has 106 valence electrons. The number of aryl methyl sites for hydroxylation is 1. The van der Waals surface area contributed by atoms with Gasteiger partial charge in [0.25, 0.3) is 0 Å². The molecule has 1 atom stereocenters. The van der Waals surface area contributed by atoms with Crippen molar-refractivity contribution in [3.8, 4) is 5.75 Å². The molecular formula is C17H20FNO. The van der Waals surface area contributed by atoms with Crippen molar-refractivity contribution in [2.24, 2.45) is 5.73 Å². The maximum absolute atomic E-state index is 13.7. The summed E-state index contributed by atoms with van der Waals surface area (Å²) in [5, 5.41) is 0. The molecule has 0 saturated carbocycles. The standard InChI is InChI=1S/C17H20FNO/c1-12-8-9-14(10-15(12)18)17(2,19)11-13-6-4-5-7-16(13)20-3/h4-10H,11,19H2,1-3H3. The fraction of sp³-hybridized carbons (Fsp3) is 0.294. The number of methoxy groups -OCH3 is 1. The second-order valence-corrected chi connectivity index (χ2v) is 5.37. The van der Waals surface area contributed by atoms with Gasteiger partial charge in [0.1, 0.15) is 11.6 Å². The Bertz CT molecular complexity index is 608. The molecule has 2 rings (SSSR count). The van der Waals surface area contributed by atoms with Crippen LogP contribution >= 0.6 is 0 Å². The van der Waals surface area contributed by atoms with E-state index in [0.717, 1.165) is 16.9 Å². The monoisotopic (exact) mass is 273 g/mol. The van der Waals surface area contributed by atoms with Crippen LogP contribution in [-0.4, -0.2) is 7.11 Å². The van der Waals surface area contributed by atoms with Gasteiger partial charge in [0.15, 0.2) is 0 Å². The molecule has 0 aromatic heterocycles. The van der Waals surface area contributed by atoms with Gasteiger partial charge >= 0.3 is 0 Å². The van der Waals surface area contributed by atoms with Gasteiger partial charge in [0, 0.05) is 5.54 Å². The first-order valence-corrected chi connectivity index (χ1v) is 6.61. The van der Waals surface area contributed by atoms with Crippen LogP contribution in [0.5, 0.6) is 5.75 Å². The zero-order valence-electron chi connectivity index (χ0n) is 12.1. The van der Waals surface area contributed by atoms with Gasteiger partial charge in [-0.2, -0.15) is 0 Å². The molecule has 0 radical (unpaired) electrons. The molecule has 0 saturated heterocycles. The molecule has 1 unspecified atom stereocenters. The second-order valence-electron chi connectivity index (χ2n) is 5.37. The van der Waals surface area contributed by atoms with Gasteiger partial charge in [0.05, 0.1) is 7.11 Å². The SMILES string of the molecule is COc1ccccc1CC(C)(N)c1ccc(C)c(F)c1. The zero-order chi connectivity index (χ0) is 14.8. The van der Waals surface area contributed by atoms with E-state index in [-0.39, 0.29) is 5.82 Å². The van der Waals surface area contributed by atoms with Crippen molar-refractivity contribution in [1.29, 1.82) is 0 Å². The molecule has 2 N–H and O–H groups in total. The molecule has 0 spiro atoms. The topological polar surface area (TPSA) is 35.2 Å². The Balaban J connectivity index is 2.32. The second kappa shape index (κ2) is 5.63. The Morgan fingerprint density at radius 1 is 1.20 bits per heavy atom. The highest BCUT2D eigenvalue weighted by atomic mass is 19.1. The van der Waals surface area contributed by atoms with Crippen LogP contribution in [0, 0.1) is 12.7 Å². The molecule has 0 aliphatic carbocycles. The third kappa shape index (κ3) is 2.99. The van der Waals surface area contributed by atoms with Gasteiger partial charge in [-0.05, 0) is 49.1 Å². The average Bonchev–Trinajstić information content (AvgIpc) is 2.42. The Hall–Kier alpha value is -1.87. The summed E-state index contributed by atoms with van der Waals surface area (Å²) in [5.74, 6) is 0.580. The first-order chi connectivity index (χ1) is 9.44. The molecular weight excluding hydrogens is 253 g/mol. The van der Waals surface area contributed by atoms with E-state index < -0.39 is 5.54 Å². The van der Waals surface area contributed by atoms with Gasteiger partial charge in [0.2, 0.25) is 0 Å². The van der Waals surface area contributed by atoms with Crippen molar-refractivity contribution >= 4 is 0 Å². The lowest BCUT2D eigenvalue weighted by Crippen LogP contribution is -2.35. The Morgan fingerprint density at radius 2 is 1.90 bits per heavy atom. The summed E-state index contributed by atoms with van der Waals surface area (Å²) in [6.45, 7) is 3.65. The third-order valence-corrected chi connectivity index (χ3v) is 3.58. The number of benzene rings is 2. The van der Waals surface area contributed by atoms with Gasteiger partial charge < -0.3 is 10.5 Å². The fourth-order valence-corrected chi connectivity index (χ4v) is 2.29. The van der Waals surface area contributed by atoms with Crippen LogP contribution < -0.4 is 10.5 Å². The summed E-state index contributed by atoms with van der Waals surface area (Å²) in [4.78, 5) is 0. The summed E-state index contributed by atoms with van der Waals surface area (Å²) < 4.78 is 19.1. The number of nitrogens with two attached hydrogens (primary N) is 1. The van der Waals surface area contributed by atoms with E-state index in [0.29, 0.717) is 12.0 Å². The molecule has 0 heterocycles. The van der Waals surface area contributed by atoms with E-state index in [1.807, 2.05) is 37.3 Å². The van der Waals surface area contributed by atoms with Gasteiger partial charge in [-0.1, -0.05) is 30.3 Å². The van der Waals surface area contributed by atoms with Crippen LogP contribution in [0.2, 0.25) is 0 Å². The normalized spacial score (nSPS) is 13.8.